The van der Waals surface area contributed by atoms with Gasteiger partial charge in [-0.2, -0.15) is 0 Å². The number of esters is 1. The Hall–Kier alpha value is -0.540. The van der Waals surface area contributed by atoms with E-state index in [9.17, 15) is 4.79 Å². The molecule has 1 N–H and O–H groups in total. The second kappa shape index (κ2) is 3.80. The van der Waals surface area contributed by atoms with Gasteiger partial charge in [-0.25, -0.2) is 0 Å². The number of carbonyl (C=O) groups excluding carboxylic acids is 1. The van der Waals surface area contributed by atoms with Crippen LogP contribution < -0.4 is 5.32 Å². The van der Waals surface area contributed by atoms with E-state index in [2.05, 4.69) is 11.9 Å². The average molecular weight is 230 g/mol. The molecule has 0 amide bonds. The summed E-state index contributed by atoms with van der Waals surface area (Å²) in [4.78, 5) is 11.8. The molecule has 1 aliphatic carbocycles. The van der Waals surface area contributed by atoms with Gasteiger partial charge in [-0.3, -0.25) is 10.1 Å². The Morgan fingerprint density at radius 3 is 2.93 bits per heavy atom. The van der Waals surface area contributed by atoms with Crippen molar-refractivity contribution in [1.82, 2.24) is 5.32 Å². The second-order valence-corrected chi connectivity index (χ2v) is 4.85. The zero-order chi connectivity index (χ0) is 11.1. The summed E-state index contributed by atoms with van der Waals surface area (Å²) in [5, 5.41) is 3.36. The third kappa shape index (κ3) is 1.91. The molecule has 4 heteroatoms. The third-order valence-corrected chi connectivity index (χ3v) is 3.69. The van der Waals surface area contributed by atoms with E-state index in [4.69, 9.17) is 16.3 Å². The first kappa shape index (κ1) is 11.0. The SMILES string of the molecule is C=C(CCl)CC1(C(=O)OC)C[C@H]2C[C@H]2N1. The fourth-order valence-electron chi connectivity index (χ4n) is 2.52. The lowest BCUT2D eigenvalue weighted by atomic mass is 9.88. The number of hydrogen-bond donors (Lipinski definition) is 1. The molecule has 2 rings (SSSR count). The minimum absolute atomic E-state index is 0.180. The van der Waals surface area contributed by atoms with E-state index >= 15 is 0 Å². The molecule has 2 fully saturated rings. The zero-order valence-corrected chi connectivity index (χ0v) is 9.64. The number of nitrogens with one attached hydrogen (secondary N) is 1. The number of fused-ring (bicyclic) bond motifs is 1. The van der Waals surface area contributed by atoms with E-state index in [1.54, 1.807) is 0 Å². The fraction of sp³-hybridized carbons (Fsp3) is 0.727. The summed E-state index contributed by atoms with van der Waals surface area (Å²) in [5.41, 5.74) is 0.338. The Kier molecular flexibility index (Phi) is 2.77. The molecule has 1 heterocycles. The smallest absolute Gasteiger partial charge is 0.326 e. The summed E-state index contributed by atoms with van der Waals surface area (Å²) in [5.74, 6) is 0.864. The molecule has 0 aromatic rings. The summed E-state index contributed by atoms with van der Waals surface area (Å²) >= 11 is 5.71. The van der Waals surface area contributed by atoms with E-state index in [1.165, 1.54) is 13.5 Å². The van der Waals surface area contributed by atoms with Crippen LogP contribution in [-0.2, 0) is 9.53 Å². The summed E-state index contributed by atoms with van der Waals surface area (Å²) in [6, 6.07) is 0.507. The lowest BCUT2D eigenvalue weighted by Gasteiger charge is -2.29. The number of alkyl halides is 1. The molecule has 0 radical (unpaired) electrons. The van der Waals surface area contributed by atoms with Gasteiger partial charge in [0.2, 0.25) is 0 Å². The van der Waals surface area contributed by atoms with Crippen LogP contribution in [0.3, 0.4) is 0 Å². The van der Waals surface area contributed by atoms with Gasteiger partial charge < -0.3 is 4.74 Å². The van der Waals surface area contributed by atoms with Crippen molar-refractivity contribution in [3.05, 3.63) is 12.2 Å². The number of carbonyl (C=O) groups is 1. The van der Waals surface area contributed by atoms with Crippen LogP contribution in [0.4, 0.5) is 0 Å². The summed E-state index contributed by atoms with van der Waals surface area (Å²) in [6.07, 6.45) is 2.64. The predicted octanol–water partition coefficient (Wildman–Crippen LogP) is 1.47. The Morgan fingerprint density at radius 1 is 1.73 bits per heavy atom. The van der Waals surface area contributed by atoms with Crippen LogP contribution in [0.1, 0.15) is 19.3 Å². The first-order chi connectivity index (χ1) is 7.11. The molecule has 1 saturated carbocycles. The molecule has 3 nitrogen and oxygen atoms in total. The lowest BCUT2D eigenvalue weighted by Crippen LogP contribution is -2.50. The third-order valence-electron chi connectivity index (χ3n) is 3.31. The van der Waals surface area contributed by atoms with Crippen molar-refractivity contribution in [2.24, 2.45) is 5.92 Å². The number of ether oxygens (including phenoxy) is 1. The predicted molar refractivity (Wildman–Crippen MR) is 58.9 cm³/mol. The number of halogens is 1. The molecule has 3 atom stereocenters. The van der Waals surface area contributed by atoms with Crippen LogP contribution in [0.2, 0.25) is 0 Å². The van der Waals surface area contributed by atoms with Crippen LogP contribution in [-0.4, -0.2) is 30.5 Å². The minimum atomic E-state index is -0.547. The Balaban J connectivity index is 2.09. The van der Waals surface area contributed by atoms with Crippen LogP contribution in [0.5, 0.6) is 0 Å². The Bertz CT molecular complexity index is 293. The topological polar surface area (TPSA) is 38.3 Å². The van der Waals surface area contributed by atoms with E-state index in [0.717, 1.165) is 12.0 Å². The Labute approximate surface area is 94.8 Å². The highest BCUT2D eigenvalue weighted by atomic mass is 35.5. The molecule has 0 aromatic carbocycles. The maximum atomic E-state index is 11.8. The highest BCUT2D eigenvalue weighted by Crippen LogP contribution is 2.47. The normalized spacial score (nSPS) is 37.2. The molecule has 2 aliphatic rings. The lowest BCUT2D eigenvalue weighted by molar-refractivity contribution is -0.148. The second-order valence-electron chi connectivity index (χ2n) is 4.58. The maximum absolute atomic E-state index is 11.8. The standard InChI is InChI=1S/C11H16ClNO2/c1-7(6-12)4-11(10(14)15-2)5-8-3-9(8)13-11/h8-9,13H,1,3-6H2,2H3/t8-,9-,11?/m1/s1. The van der Waals surface area contributed by atoms with Gasteiger partial charge in [-0.15, -0.1) is 11.6 Å². The van der Waals surface area contributed by atoms with Crippen LogP contribution in [0, 0.1) is 5.92 Å². The van der Waals surface area contributed by atoms with Crippen LogP contribution in [0.15, 0.2) is 12.2 Å². The van der Waals surface area contributed by atoms with Gasteiger partial charge in [-0.1, -0.05) is 12.2 Å². The first-order valence-electron chi connectivity index (χ1n) is 5.20. The van der Waals surface area contributed by atoms with Crippen molar-refractivity contribution in [2.75, 3.05) is 13.0 Å². The summed E-state index contributed by atoms with van der Waals surface area (Å²) in [7, 11) is 1.43. The minimum Gasteiger partial charge on any atom is -0.468 e. The van der Waals surface area contributed by atoms with E-state index < -0.39 is 5.54 Å². The number of methoxy groups -OCH3 is 1. The van der Waals surface area contributed by atoms with E-state index in [-0.39, 0.29) is 5.97 Å². The molecule has 1 unspecified atom stereocenters. The van der Waals surface area contributed by atoms with Crippen LogP contribution >= 0.6 is 11.6 Å². The van der Waals surface area contributed by atoms with Crippen molar-refractivity contribution in [3.63, 3.8) is 0 Å². The van der Waals surface area contributed by atoms with Gasteiger partial charge in [0.25, 0.3) is 0 Å². The van der Waals surface area contributed by atoms with Crippen LogP contribution in [0.25, 0.3) is 0 Å². The monoisotopic (exact) mass is 229 g/mol. The van der Waals surface area contributed by atoms with E-state index in [1.807, 2.05) is 0 Å². The quantitative estimate of drug-likeness (QED) is 0.451. The van der Waals surface area contributed by atoms with Crippen molar-refractivity contribution in [1.29, 1.82) is 0 Å². The summed E-state index contributed by atoms with van der Waals surface area (Å²) in [6.45, 7) is 3.86. The van der Waals surface area contributed by atoms with Crippen molar-refractivity contribution >= 4 is 17.6 Å². The zero-order valence-electron chi connectivity index (χ0n) is 8.88. The van der Waals surface area contributed by atoms with Gasteiger partial charge in [-0.05, 0) is 25.2 Å². The van der Waals surface area contributed by atoms with Crippen molar-refractivity contribution < 1.29 is 9.53 Å². The van der Waals surface area contributed by atoms with E-state index in [0.29, 0.717) is 24.3 Å². The van der Waals surface area contributed by atoms with Crippen molar-refractivity contribution in [3.8, 4) is 0 Å². The number of piperidine rings is 1. The largest absolute Gasteiger partial charge is 0.468 e. The molecule has 15 heavy (non-hydrogen) atoms. The maximum Gasteiger partial charge on any atom is 0.326 e. The van der Waals surface area contributed by atoms with Gasteiger partial charge in [0.05, 0.1) is 7.11 Å². The van der Waals surface area contributed by atoms with Gasteiger partial charge >= 0.3 is 5.97 Å². The summed E-state index contributed by atoms with van der Waals surface area (Å²) < 4.78 is 4.87. The Morgan fingerprint density at radius 2 is 2.47 bits per heavy atom. The fourth-order valence-corrected chi connectivity index (χ4v) is 2.61. The molecule has 84 valence electrons. The molecular formula is C11H16ClNO2. The van der Waals surface area contributed by atoms with Crippen molar-refractivity contribution in [2.45, 2.75) is 30.8 Å². The molecule has 1 saturated heterocycles. The highest BCUT2D eigenvalue weighted by Gasteiger charge is 2.57. The highest BCUT2D eigenvalue weighted by molar-refractivity contribution is 6.19. The van der Waals surface area contributed by atoms with Gasteiger partial charge in [0.1, 0.15) is 5.54 Å². The number of hydrogen-bond acceptors (Lipinski definition) is 3. The molecule has 0 aromatic heterocycles. The molecular weight excluding hydrogens is 214 g/mol. The van der Waals surface area contributed by atoms with Gasteiger partial charge in [0.15, 0.2) is 0 Å². The number of rotatable bonds is 4. The average Bonchev–Trinajstić information content (AvgIpc) is 2.85. The molecule has 0 spiro atoms. The first-order valence-corrected chi connectivity index (χ1v) is 5.73. The molecule has 0 bridgehead atoms. The molecule has 1 aliphatic heterocycles. The van der Waals surface area contributed by atoms with Gasteiger partial charge in [0, 0.05) is 11.9 Å².